The van der Waals surface area contributed by atoms with E-state index in [4.69, 9.17) is 9.47 Å². The molecule has 0 radical (unpaired) electrons. The Morgan fingerprint density at radius 3 is 2.74 bits per heavy atom. The minimum absolute atomic E-state index is 0.288. The Kier molecular flexibility index (Phi) is 6.22. The zero-order valence-corrected chi connectivity index (χ0v) is 14.1. The molecular weight excluding hydrogens is 314 g/mol. The standard InChI is InChI=1S/C16H19N3O3S/c1-4-21-13-9-7-6-8-12(13)18-14-11(15(20)22-5-2)10-17-16(19-14)23-3/h6-10H,4-5H2,1-3H3,(H,17,18,19). The average Bonchev–Trinajstić information content (AvgIpc) is 2.57. The maximum Gasteiger partial charge on any atom is 0.343 e. The number of carbonyl (C=O) groups excluding carboxylic acids is 1. The van der Waals surface area contributed by atoms with Crippen LogP contribution < -0.4 is 10.1 Å². The molecule has 7 heteroatoms. The number of esters is 1. The predicted molar refractivity (Wildman–Crippen MR) is 90.7 cm³/mol. The van der Waals surface area contributed by atoms with Crippen molar-refractivity contribution in [3.05, 3.63) is 36.0 Å². The van der Waals surface area contributed by atoms with Gasteiger partial charge < -0.3 is 14.8 Å². The van der Waals surface area contributed by atoms with Crippen LogP contribution in [0.25, 0.3) is 0 Å². The van der Waals surface area contributed by atoms with E-state index in [0.717, 1.165) is 5.69 Å². The summed E-state index contributed by atoms with van der Waals surface area (Å²) in [6.07, 6.45) is 3.35. The quantitative estimate of drug-likeness (QED) is 0.472. The van der Waals surface area contributed by atoms with Crippen LogP contribution in [0.3, 0.4) is 0 Å². The van der Waals surface area contributed by atoms with Gasteiger partial charge in [0.05, 0.1) is 18.9 Å². The Balaban J connectivity index is 2.39. The smallest absolute Gasteiger partial charge is 0.343 e. The molecule has 0 unspecified atom stereocenters. The monoisotopic (exact) mass is 333 g/mol. The summed E-state index contributed by atoms with van der Waals surface area (Å²) in [4.78, 5) is 20.6. The molecule has 0 saturated carbocycles. The third kappa shape index (κ3) is 4.35. The Morgan fingerprint density at radius 1 is 1.26 bits per heavy atom. The summed E-state index contributed by atoms with van der Waals surface area (Å²) in [6.45, 7) is 4.51. The number of nitrogens with zero attached hydrogens (tertiary/aromatic N) is 2. The van der Waals surface area contributed by atoms with Gasteiger partial charge in [0.2, 0.25) is 0 Å². The molecule has 1 aromatic carbocycles. The third-order valence-corrected chi connectivity index (χ3v) is 3.45. The number of hydrogen-bond donors (Lipinski definition) is 1. The van der Waals surface area contributed by atoms with Crippen molar-refractivity contribution in [2.75, 3.05) is 24.8 Å². The molecule has 122 valence electrons. The first-order valence-corrected chi connectivity index (χ1v) is 8.49. The van der Waals surface area contributed by atoms with Crippen LogP contribution in [-0.4, -0.2) is 35.4 Å². The zero-order valence-electron chi connectivity index (χ0n) is 13.3. The highest BCUT2D eigenvalue weighted by molar-refractivity contribution is 7.98. The number of rotatable bonds is 7. The van der Waals surface area contributed by atoms with Crippen LogP contribution in [0.5, 0.6) is 5.75 Å². The number of benzene rings is 1. The lowest BCUT2D eigenvalue weighted by molar-refractivity contribution is 0.0526. The van der Waals surface area contributed by atoms with E-state index in [1.54, 1.807) is 6.92 Å². The van der Waals surface area contributed by atoms with Gasteiger partial charge in [0, 0.05) is 6.20 Å². The van der Waals surface area contributed by atoms with Crippen molar-refractivity contribution < 1.29 is 14.3 Å². The van der Waals surface area contributed by atoms with Gasteiger partial charge in [0.15, 0.2) is 5.16 Å². The van der Waals surface area contributed by atoms with Gasteiger partial charge in [0.1, 0.15) is 17.1 Å². The Hall–Kier alpha value is -2.28. The van der Waals surface area contributed by atoms with Gasteiger partial charge in [-0.1, -0.05) is 23.9 Å². The largest absolute Gasteiger partial charge is 0.492 e. The number of nitrogens with one attached hydrogen (secondary N) is 1. The molecule has 0 aliphatic rings. The minimum atomic E-state index is -0.462. The second-order valence-electron chi connectivity index (χ2n) is 4.39. The van der Waals surface area contributed by atoms with Crippen molar-refractivity contribution in [3.8, 4) is 5.75 Å². The molecule has 0 aliphatic heterocycles. The molecule has 23 heavy (non-hydrogen) atoms. The summed E-state index contributed by atoms with van der Waals surface area (Å²) in [5.74, 6) is 0.626. The predicted octanol–water partition coefficient (Wildman–Crippen LogP) is 3.52. The summed E-state index contributed by atoms with van der Waals surface area (Å²) < 4.78 is 10.6. The summed E-state index contributed by atoms with van der Waals surface area (Å²) in [5, 5.41) is 3.71. The van der Waals surface area contributed by atoms with Crippen molar-refractivity contribution >= 4 is 29.2 Å². The Labute approximate surface area is 139 Å². The van der Waals surface area contributed by atoms with Crippen LogP contribution in [0.15, 0.2) is 35.6 Å². The van der Waals surface area contributed by atoms with Gasteiger partial charge in [-0.3, -0.25) is 0 Å². The topological polar surface area (TPSA) is 73.3 Å². The van der Waals surface area contributed by atoms with Gasteiger partial charge in [-0.2, -0.15) is 0 Å². The molecule has 0 spiro atoms. The Bertz CT molecular complexity index is 679. The maximum atomic E-state index is 12.1. The molecule has 6 nitrogen and oxygen atoms in total. The fourth-order valence-corrected chi connectivity index (χ4v) is 2.24. The molecule has 0 bridgehead atoms. The van der Waals surface area contributed by atoms with E-state index < -0.39 is 5.97 Å². The van der Waals surface area contributed by atoms with Crippen LogP contribution in [-0.2, 0) is 4.74 Å². The van der Waals surface area contributed by atoms with Crippen LogP contribution in [0.2, 0.25) is 0 Å². The number of para-hydroxylation sites is 2. The van der Waals surface area contributed by atoms with E-state index in [1.165, 1.54) is 18.0 Å². The van der Waals surface area contributed by atoms with Crippen molar-refractivity contribution in [3.63, 3.8) is 0 Å². The second kappa shape index (κ2) is 8.38. The van der Waals surface area contributed by atoms with Gasteiger partial charge in [-0.15, -0.1) is 0 Å². The van der Waals surface area contributed by atoms with Crippen LogP contribution in [0.1, 0.15) is 24.2 Å². The van der Waals surface area contributed by atoms with Crippen molar-refractivity contribution in [2.24, 2.45) is 0 Å². The second-order valence-corrected chi connectivity index (χ2v) is 5.17. The number of ether oxygens (including phenoxy) is 2. The normalized spacial score (nSPS) is 10.2. The van der Waals surface area contributed by atoms with E-state index in [2.05, 4.69) is 15.3 Å². The molecule has 1 aromatic heterocycles. The molecule has 0 atom stereocenters. The van der Waals surface area contributed by atoms with E-state index >= 15 is 0 Å². The highest BCUT2D eigenvalue weighted by atomic mass is 32.2. The third-order valence-electron chi connectivity index (χ3n) is 2.88. The van der Waals surface area contributed by atoms with Gasteiger partial charge in [-0.25, -0.2) is 14.8 Å². The summed E-state index contributed by atoms with van der Waals surface area (Å²) >= 11 is 1.40. The molecule has 2 aromatic rings. The summed E-state index contributed by atoms with van der Waals surface area (Å²) in [6, 6.07) is 7.48. The molecule has 0 fully saturated rings. The molecule has 0 saturated heterocycles. The first-order chi connectivity index (χ1) is 11.2. The van der Waals surface area contributed by atoms with Crippen LogP contribution in [0.4, 0.5) is 11.5 Å². The van der Waals surface area contributed by atoms with Crippen molar-refractivity contribution in [2.45, 2.75) is 19.0 Å². The average molecular weight is 333 g/mol. The summed E-state index contributed by atoms with van der Waals surface area (Å²) in [5.41, 5.74) is 1.02. The maximum absolute atomic E-state index is 12.1. The molecule has 2 rings (SSSR count). The van der Waals surface area contributed by atoms with E-state index in [-0.39, 0.29) is 12.2 Å². The number of hydrogen-bond acceptors (Lipinski definition) is 7. The van der Waals surface area contributed by atoms with Gasteiger partial charge in [-0.05, 0) is 32.2 Å². The lowest BCUT2D eigenvalue weighted by Gasteiger charge is -2.14. The van der Waals surface area contributed by atoms with Crippen molar-refractivity contribution in [1.29, 1.82) is 0 Å². The number of aromatic nitrogens is 2. The molecule has 1 N–H and O–H groups in total. The van der Waals surface area contributed by atoms with Crippen LogP contribution >= 0.6 is 11.8 Å². The highest BCUT2D eigenvalue weighted by Crippen LogP contribution is 2.29. The first-order valence-electron chi connectivity index (χ1n) is 7.26. The van der Waals surface area contributed by atoms with E-state index in [1.807, 2.05) is 37.4 Å². The molecule has 1 heterocycles. The Morgan fingerprint density at radius 2 is 2.04 bits per heavy atom. The zero-order chi connectivity index (χ0) is 16.7. The molecule has 0 amide bonds. The number of carbonyl (C=O) groups is 1. The van der Waals surface area contributed by atoms with E-state index in [0.29, 0.717) is 23.3 Å². The SMILES string of the molecule is CCOC(=O)c1cnc(SC)nc1Nc1ccccc1OCC. The van der Waals surface area contributed by atoms with E-state index in [9.17, 15) is 4.79 Å². The minimum Gasteiger partial charge on any atom is -0.492 e. The lowest BCUT2D eigenvalue weighted by atomic mass is 10.2. The fourth-order valence-electron chi connectivity index (χ4n) is 1.90. The lowest BCUT2D eigenvalue weighted by Crippen LogP contribution is -2.11. The molecule has 0 aliphatic carbocycles. The summed E-state index contributed by atoms with van der Waals surface area (Å²) in [7, 11) is 0. The number of thioether (sulfide) groups is 1. The van der Waals surface area contributed by atoms with Crippen molar-refractivity contribution in [1.82, 2.24) is 9.97 Å². The highest BCUT2D eigenvalue weighted by Gasteiger charge is 2.17. The van der Waals surface area contributed by atoms with Crippen LogP contribution in [0, 0.1) is 0 Å². The number of anilines is 2. The van der Waals surface area contributed by atoms with Gasteiger partial charge in [0.25, 0.3) is 0 Å². The van der Waals surface area contributed by atoms with Gasteiger partial charge >= 0.3 is 5.97 Å². The first kappa shape index (κ1) is 17.1. The molecular formula is C16H19N3O3S. The fraction of sp³-hybridized carbons (Fsp3) is 0.312.